The SMILES string of the molecule is CCCNc1nc(C)nc(N2CCCC(C)(C)C2)c1C. The van der Waals surface area contributed by atoms with E-state index in [-0.39, 0.29) is 0 Å². The number of aryl methyl sites for hydroxylation is 1. The van der Waals surface area contributed by atoms with E-state index in [0.29, 0.717) is 5.41 Å². The van der Waals surface area contributed by atoms with Crippen LogP contribution in [-0.2, 0) is 0 Å². The molecule has 1 aromatic rings. The summed E-state index contributed by atoms with van der Waals surface area (Å²) >= 11 is 0. The minimum Gasteiger partial charge on any atom is -0.370 e. The van der Waals surface area contributed by atoms with Gasteiger partial charge in [0, 0.05) is 25.2 Å². The minimum absolute atomic E-state index is 0.376. The maximum Gasteiger partial charge on any atom is 0.137 e. The molecule has 1 aliphatic heterocycles. The third-order valence-electron chi connectivity index (χ3n) is 3.97. The molecule has 2 heterocycles. The van der Waals surface area contributed by atoms with Crippen molar-refractivity contribution < 1.29 is 0 Å². The Morgan fingerprint density at radius 2 is 2.00 bits per heavy atom. The first-order valence-electron chi connectivity index (χ1n) is 7.77. The summed E-state index contributed by atoms with van der Waals surface area (Å²) in [6.45, 7) is 14.1. The highest BCUT2D eigenvalue weighted by atomic mass is 15.2. The first-order valence-corrected chi connectivity index (χ1v) is 7.77. The maximum atomic E-state index is 4.71. The van der Waals surface area contributed by atoms with Gasteiger partial charge in [-0.15, -0.1) is 0 Å². The number of anilines is 2. The first-order chi connectivity index (χ1) is 9.43. The monoisotopic (exact) mass is 276 g/mol. The second kappa shape index (κ2) is 5.98. The van der Waals surface area contributed by atoms with Gasteiger partial charge < -0.3 is 10.2 Å². The minimum atomic E-state index is 0.376. The molecule has 0 saturated carbocycles. The van der Waals surface area contributed by atoms with Crippen molar-refractivity contribution in [3.8, 4) is 0 Å². The zero-order valence-corrected chi connectivity index (χ0v) is 13.6. The Kier molecular flexibility index (Phi) is 4.51. The molecular formula is C16H28N4. The largest absolute Gasteiger partial charge is 0.370 e. The van der Waals surface area contributed by atoms with E-state index in [1.54, 1.807) is 0 Å². The normalized spacial score (nSPS) is 18.1. The molecule has 1 saturated heterocycles. The van der Waals surface area contributed by atoms with Crippen molar-refractivity contribution in [3.05, 3.63) is 11.4 Å². The van der Waals surface area contributed by atoms with Gasteiger partial charge in [-0.05, 0) is 38.5 Å². The molecule has 0 amide bonds. The van der Waals surface area contributed by atoms with Crippen LogP contribution in [0.4, 0.5) is 11.6 Å². The standard InChI is InChI=1S/C16H28N4/c1-6-9-17-14-12(2)15(19-13(3)18-14)20-10-7-8-16(4,5)11-20/h6-11H2,1-5H3,(H,17,18,19). The molecule has 0 spiro atoms. The van der Waals surface area contributed by atoms with Crippen LogP contribution in [-0.4, -0.2) is 29.6 Å². The number of nitrogens with one attached hydrogen (secondary N) is 1. The molecule has 20 heavy (non-hydrogen) atoms. The van der Waals surface area contributed by atoms with Crippen molar-refractivity contribution in [1.82, 2.24) is 9.97 Å². The summed E-state index contributed by atoms with van der Waals surface area (Å²) in [5.74, 6) is 2.97. The quantitative estimate of drug-likeness (QED) is 0.913. The van der Waals surface area contributed by atoms with Gasteiger partial charge in [0.1, 0.15) is 17.5 Å². The van der Waals surface area contributed by atoms with Crippen LogP contribution in [0.3, 0.4) is 0 Å². The Bertz CT molecular complexity index is 468. The molecule has 1 aliphatic rings. The summed E-state index contributed by atoms with van der Waals surface area (Å²) < 4.78 is 0. The zero-order valence-electron chi connectivity index (χ0n) is 13.6. The number of rotatable bonds is 4. The predicted molar refractivity (Wildman–Crippen MR) is 85.5 cm³/mol. The molecule has 0 unspecified atom stereocenters. The van der Waals surface area contributed by atoms with Crippen LogP contribution in [0.15, 0.2) is 0 Å². The molecule has 0 atom stereocenters. The van der Waals surface area contributed by atoms with Gasteiger partial charge in [-0.25, -0.2) is 9.97 Å². The van der Waals surface area contributed by atoms with Gasteiger partial charge in [-0.1, -0.05) is 20.8 Å². The van der Waals surface area contributed by atoms with Crippen LogP contribution in [0.5, 0.6) is 0 Å². The summed E-state index contributed by atoms with van der Waals surface area (Å²) in [5, 5.41) is 3.43. The van der Waals surface area contributed by atoms with E-state index in [9.17, 15) is 0 Å². The molecule has 2 rings (SSSR count). The Morgan fingerprint density at radius 3 is 2.65 bits per heavy atom. The third kappa shape index (κ3) is 3.41. The summed E-state index contributed by atoms with van der Waals surface area (Å²) in [6.07, 6.45) is 3.65. The molecule has 4 heteroatoms. The average Bonchev–Trinajstić information content (AvgIpc) is 2.38. The molecule has 0 aromatic carbocycles. The van der Waals surface area contributed by atoms with Crippen molar-refractivity contribution >= 4 is 11.6 Å². The van der Waals surface area contributed by atoms with Crippen LogP contribution >= 0.6 is 0 Å². The second-order valence-electron chi connectivity index (χ2n) is 6.68. The highest BCUT2D eigenvalue weighted by Gasteiger charge is 2.28. The maximum absolute atomic E-state index is 4.71. The highest BCUT2D eigenvalue weighted by molar-refractivity contribution is 5.59. The van der Waals surface area contributed by atoms with E-state index >= 15 is 0 Å². The molecular weight excluding hydrogens is 248 g/mol. The van der Waals surface area contributed by atoms with Crippen LogP contribution in [0, 0.1) is 19.3 Å². The third-order valence-corrected chi connectivity index (χ3v) is 3.97. The number of hydrogen-bond donors (Lipinski definition) is 1. The van der Waals surface area contributed by atoms with Crippen molar-refractivity contribution in [2.45, 2.75) is 53.9 Å². The smallest absolute Gasteiger partial charge is 0.137 e. The summed E-state index contributed by atoms with van der Waals surface area (Å²) in [5.41, 5.74) is 1.56. The van der Waals surface area contributed by atoms with Gasteiger partial charge in [0.25, 0.3) is 0 Å². The van der Waals surface area contributed by atoms with E-state index in [2.05, 4.69) is 42.9 Å². The van der Waals surface area contributed by atoms with Gasteiger partial charge in [0.05, 0.1) is 0 Å². The van der Waals surface area contributed by atoms with Crippen molar-refractivity contribution in [3.63, 3.8) is 0 Å². The summed E-state index contributed by atoms with van der Waals surface area (Å²) in [4.78, 5) is 11.7. The van der Waals surface area contributed by atoms with Crippen LogP contribution < -0.4 is 10.2 Å². The lowest BCUT2D eigenvalue weighted by atomic mass is 9.84. The second-order valence-corrected chi connectivity index (χ2v) is 6.68. The number of nitrogens with zero attached hydrogens (tertiary/aromatic N) is 3. The number of hydrogen-bond acceptors (Lipinski definition) is 4. The first kappa shape index (κ1) is 15.1. The molecule has 0 aliphatic carbocycles. The Hall–Kier alpha value is -1.32. The number of piperidine rings is 1. The topological polar surface area (TPSA) is 41.1 Å². The predicted octanol–water partition coefficient (Wildman–Crippen LogP) is 3.54. The molecule has 112 valence electrons. The van der Waals surface area contributed by atoms with Crippen LogP contribution in [0.1, 0.15) is 51.4 Å². The molecule has 1 N–H and O–H groups in total. The zero-order chi connectivity index (χ0) is 14.8. The van der Waals surface area contributed by atoms with E-state index in [1.165, 1.54) is 18.4 Å². The molecule has 0 bridgehead atoms. The van der Waals surface area contributed by atoms with E-state index < -0.39 is 0 Å². The number of aromatic nitrogens is 2. The van der Waals surface area contributed by atoms with Gasteiger partial charge in [0.2, 0.25) is 0 Å². The Labute approximate surface area is 123 Å². The fraction of sp³-hybridized carbons (Fsp3) is 0.750. The van der Waals surface area contributed by atoms with E-state index in [1.807, 2.05) is 6.92 Å². The van der Waals surface area contributed by atoms with Crippen molar-refractivity contribution in [1.29, 1.82) is 0 Å². The lowest BCUT2D eigenvalue weighted by molar-refractivity contribution is 0.292. The average molecular weight is 276 g/mol. The highest BCUT2D eigenvalue weighted by Crippen LogP contribution is 2.33. The fourth-order valence-electron chi connectivity index (χ4n) is 2.94. The van der Waals surface area contributed by atoms with Gasteiger partial charge in [-0.2, -0.15) is 0 Å². The van der Waals surface area contributed by atoms with Crippen molar-refractivity contribution in [2.75, 3.05) is 29.9 Å². The molecule has 1 aromatic heterocycles. The molecule has 0 radical (unpaired) electrons. The lowest BCUT2D eigenvalue weighted by Gasteiger charge is -2.39. The van der Waals surface area contributed by atoms with Crippen molar-refractivity contribution in [2.24, 2.45) is 5.41 Å². The fourth-order valence-corrected chi connectivity index (χ4v) is 2.94. The lowest BCUT2D eigenvalue weighted by Crippen LogP contribution is -2.41. The summed E-state index contributed by atoms with van der Waals surface area (Å²) in [6, 6.07) is 0. The summed E-state index contributed by atoms with van der Waals surface area (Å²) in [7, 11) is 0. The van der Waals surface area contributed by atoms with Crippen LogP contribution in [0.25, 0.3) is 0 Å². The van der Waals surface area contributed by atoms with Gasteiger partial charge in [-0.3, -0.25) is 0 Å². The van der Waals surface area contributed by atoms with Gasteiger partial charge >= 0.3 is 0 Å². The van der Waals surface area contributed by atoms with E-state index in [0.717, 1.165) is 43.5 Å². The Morgan fingerprint density at radius 1 is 1.25 bits per heavy atom. The molecule has 4 nitrogen and oxygen atoms in total. The Balaban J connectivity index is 2.28. The van der Waals surface area contributed by atoms with Gasteiger partial charge in [0.15, 0.2) is 0 Å². The molecule has 1 fully saturated rings. The van der Waals surface area contributed by atoms with E-state index in [4.69, 9.17) is 4.98 Å². The van der Waals surface area contributed by atoms with Crippen LogP contribution in [0.2, 0.25) is 0 Å².